The third kappa shape index (κ3) is 3.06. The predicted octanol–water partition coefficient (Wildman–Crippen LogP) is 4.37. The largest absolute Gasteiger partial charge is 0.351 e. The minimum absolute atomic E-state index is 0.276. The first-order valence-electron chi connectivity index (χ1n) is 11.1. The number of halogens is 1. The van der Waals surface area contributed by atoms with Crippen molar-refractivity contribution in [1.82, 2.24) is 0 Å². The van der Waals surface area contributed by atoms with Gasteiger partial charge in [0.2, 0.25) is 17.7 Å². The average Bonchev–Trinajstić information content (AvgIpc) is 3.34. The van der Waals surface area contributed by atoms with E-state index in [4.69, 9.17) is 11.6 Å². The molecule has 7 heteroatoms. The molecule has 6 nitrogen and oxygen atoms in total. The SMILES string of the molecule is O=C(Nc1ccc(Cl)cc1)[C@@H]1[C@@H]2C(=O)N(c3ccccc3)C(=O)[C@@H]2[C@H]2C=Cc3ccccc3N21. The number of carbonyl (C=O) groups is 3. The molecule has 3 aromatic carbocycles. The van der Waals surface area contributed by atoms with Crippen LogP contribution in [-0.2, 0) is 14.4 Å². The molecule has 0 aromatic heterocycles. The van der Waals surface area contributed by atoms with Crippen molar-refractivity contribution in [2.45, 2.75) is 12.1 Å². The molecule has 3 aliphatic rings. The van der Waals surface area contributed by atoms with Gasteiger partial charge >= 0.3 is 0 Å². The molecule has 0 spiro atoms. The summed E-state index contributed by atoms with van der Waals surface area (Å²) in [6.07, 6.45) is 3.91. The van der Waals surface area contributed by atoms with Crippen LogP contribution in [0.2, 0.25) is 5.02 Å². The van der Waals surface area contributed by atoms with Crippen molar-refractivity contribution in [2.24, 2.45) is 11.8 Å². The number of hydrogen-bond donors (Lipinski definition) is 1. The number of nitrogens with zero attached hydrogens (tertiary/aromatic N) is 2. The lowest BCUT2D eigenvalue weighted by atomic mass is 9.88. The number of rotatable bonds is 3. The van der Waals surface area contributed by atoms with Crippen LogP contribution >= 0.6 is 11.6 Å². The summed E-state index contributed by atoms with van der Waals surface area (Å²) in [6.45, 7) is 0. The fraction of sp³-hybridized carbons (Fsp3) is 0.148. The van der Waals surface area contributed by atoms with Gasteiger partial charge in [-0.15, -0.1) is 0 Å². The number of anilines is 3. The van der Waals surface area contributed by atoms with Crippen molar-refractivity contribution in [3.8, 4) is 0 Å². The van der Waals surface area contributed by atoms with Crippen molar-refractivity contribution in [1.29, 1.82) is 0 Å². The first-order chi connectivity index (χ1) is 16.5. The minimum atomic E-state index is -0.845. The Labute approximate surface area is 201 Å². The fourth-order valence-corrected chi connectivity index (χ4v) is 5.52. The molecule has 2 saturated heterocycles. The summed E-state index contributed by atoms with van der Waals surface area (Å²) >= 11 is 5.99. The molecule has 1 N–H and O–H groups in total. The van der Waals surface area contributed by atoms with Gasteiger partial charge in [-0.3, -0.25) is 14.4 Å². The third-order valence-electron chi connectivity index (χ3n) is 6.81. The van der Waals surface area contributed by atoms with E-state index in [-0.39, 0.29) is 17.7 Å². The van der Waals surface area contributed by atoms with Gasteiger partial charge in [-0.05, 0) is 48.0 Å². The molecule has 0 aliphatic carbocycles. The smallest absolute Gasteiger partial charge is 0.247 e. The highest BCUT2D eigenvalue weighted by Crippen LogP contribution is 2.49. The molecule has 2 fully saturated rings. The Bertz CT molecular complexity index is 1340. The second-order valence-electron chi connectivity index (χ2n) is 8.66. The van der Waals surface area contributed by atoms with Crippen LogP contribution in [0.15, 0.2) is 84.9 Å². The maximum Gasteiger partial charge on any atom is 0.247 e. The van der Waals surface area contributed by atoms with Gasteiger partial charge in [0.1, 0.15) is 6.04 Å². The molecule has 3 aromatic rings. The number of imide groups is 1. The molecule has 0 bridgehead atoms. The maximum atomic E-state index is 13.7. The zero-order valence-electron chi connectivity index (χ0n) is 18.0. The van der Waals surface area contributed by atoms with Crippen LogP contribution in [0.1, 0.15) is 5.56 Å². The number of benzene rings is 3. The summed E-state index contributed by atoms with van der Waals surface area (Å²) in [5, 5.41) is 3.49. The second kappa shape index (κ2) is 7.85. The number of para-hydroxylation sites is 2. The van der Waals surface area contributed by atoms with Crippen LogP contribution < -0.4 is 15.1 Å². The number of amides is 3. The third-order valence-corrected chi connectivity index (χ3v) is 7.06. The Morgan fingerprint density at radius 1 is 0.824 bits per heavy atom. The summed E-state index contributed by atoms with van der Waals surface area (Å²) in [6, 6.07) is 22.2. The summed E-state index contributed by atoms with van der Waals surface area (Å²) < 4.78 is 0. The van der Waals surface area contributed by atoms with Gasteiger partial charge in [-0.2, -0.15) is 0 Å². The number of carbonyl (C=O) groups excluding carboxylic acids is 3. The van der Waals surface area contributed by atoms with Crippen molar-refractivity contribution in [3.63, 3.8) is 0 Å². The van der Waals surface area contributed by atoms with E-state index in [0.29, 0.717) is 16.4 Å². The molecule has 6 rings (SSSR count). The van der Waals surface area contributed by atoms with Crippen LogP contribution in [0.4, 0.5) is 17.1 Å². The first kappa shape index (κ1) is 20.7. The zero-order chi connectivity index (χ0) is 23.4. The molecule has 168 valence electrons. The molecular formula is C27H20ClN3O3. The number of fused-ring (bicyclic) bond motifs is 5. The van der Waals surface area contributed by atoms with E-state index in [1.807, 2.05) is 47.4 Å². The highest BCUT2D eigenvalue weighted by molar-refractivity contribution is 6.30. The summed E-state index contributed by atoms with van der Waals surface area (Å²) in [5.74, 6) is -2.42. The Morgan fingerprint density at radius 3 is 2.26 bits per heavy atom. The van der Waals surface area contributed by atoms with E-state index < -0.39 is 23.9 Å². The summed E-state index contributed by atoms with van der Waals surface area (Å²) in [5.41, 5.74) is 2.89. The second-order valence-corrected chi connectivity index (χ2v) is 9.09. The monoisotopic (exact) mass is 469 g/mol. The Balaban J connectivity index is 1.44. The van der Waals surface area contributed by atoms with Crippen LogP contribution in [0.3, 0.4) is 0 Å². The normalized spacial score (nSPS) is 24.6. The standard InChI is InChI=1S/C27H20ClN3O3/c28-17-11-13-18(14-12-17)29-25(32)24-23-22(21-15-10-16-6-4-5-9-20(16)31(21)24)26(33)30(27(23)34)19-7-2-1-3-8-19/h1-15,21-24H,(H,29,32)/t21-,22-,23-,24+/m1/s1. The average molecular weight is 470 g/mol. The lowest BCUT2D eigenvalue weighted by Gasteiger charge is -2.36. The van der Waals surface area contributed by atoms with Gasteiger partial charge in [0.25, 0.3) is 0 Å². The molecule has 0 saturated carbocycles. The lowest BCUT2D eigenvalue weighted by molar-refractivity contribution is -0.126. The van der Waals surface area contributed by atoms with E-state index in [1.165, 1.54) is 4.90 Å². The van der Waals surface area contributed by atoms with Crippen molar-refractivity contribution in [3.05, 3.63) is 95.5 Å². The van der Waals surface area contributed by atoms with Gasteiger partial charge < -0.3 is 10.2 Å². The first-order valence-corrected chi connectivity index (χ1v) is 11.5. The van der Waals surface area contributed by atoms with E-state index >= 15 is 0 Å². The topological polar surface area (TPSA) is 69.7 Å². The molecule has 3 aliphatic heterocycles. The molecule has 0 unspecified atom stereocenters. The quantitative estimate of drug-likeness (QED) is 0.578. The van der Waals surface area contributed by atoms with Crippen LogP contribution in [0.25, 0.3) is 6.08 Å². The van der Waals surface area contributed by atoms with Gasteiger partial charge in [-0.25, -0.2) is 4.90 Å². The van der Waals surface area contributed by atoms with E-state index in [9.17, 15) is 14.4 Å². The van der Waals surface area contributed by atoms with Gasteiger partial charge in [0.15, 0.2) is 0 Å². The molecule has 3 heterocycles. The number of hydrogen-bond acceptors (Lipinski definition) is 4. The van der Waals surface area contributed by atoms with Crippen LogP contribution in [0, 0.1) is 11.8 Å². The van der Waals surface area contributed by atoms with Gasteiger partial charge in [0, 0.05) is 16.4 Å². The fourth-order valence-electron chi connectivity index (χ4n) is 5.39. The van der Waals surface area contributed by atoms with Crippen molar-refractivity contribution >= 4 is 52.5 Å². The zero-order valence-corrected chi connectivity index (χ0v) is 18.7. The maximum absolute atomic E-state index is 13.7. The van der Waals surface area contributed by atoms with Crippen molar-refractivity contribution in [2.75, 3.05) is 15.1 Å². The van der Waals surface area contributed by atoms with Crippen LogP contribution in [-0.4, -0.2) is 29.8 Å². The van der Waals surface area contributed by atoms with Gasteiger partial charge in [-0.1, -0.05) is 60.2 Å². The van der Waals surface area contributed by atoms with E-state index in [1.54, 1.807) is 48.5 Å². The predicted molar refractivity (Wildman–Crippen MR) is 132 cm³/mol. The molecule has 4 atom stereocenters. The van der Waals surface area contributed by atoms with Crippen LogP contribution in [0.5, 0.6) is 0 Å². The molecular weight excluding hydrogens is 450 g/mol. The Hall–Kier alpha value is -3.90. The lowest BCUT2D eigenvalue weighted by Crippen LogP contribution is -2.50. The molecule has 34 heavy (non-hydrogen) atoms. The number of nitrogens with one attached hydrogen (secondary N) is 1. The molecule has 3 amide bonds. The van der Waals surface area contributed by atoms with E-state index in [2.05, 4.69) is 5.32 Å². The summed E-state index contributed by atoms with van der Waals surface area (Å²) in [7, 11) is 0. The molecule has 0 radical (unpaired) electrons. The Morgan fingerprint density at radius 2 is 1.50 bits per heavy atom. The summed E-state index contributed by atoms with van der Waals surface area (Å²) in [4.78, 5) is 44.2. The highest BCUT2D eigenvalue weighted by atomic mass is 35.5. The van der Waals surface area contributed by atoms with Gasteiger partial charge in [0.05, 0.1) is 23.6 Å². The highest BCUT2D eigenvalue weighted by Gasteiger charge is 2.64. The van der Waals surface area contributed by atoms with Crippen molar-refractivity contribution < 1.29 is 14.4 Å². The van der Waals surface area contributed by atoms with E-state index in [0.717, 1.165) is 11.3 Å². The Kier molecular flexibility index (Phi) is 4.78. The minimum Gasteiger partial charge on any atom is -0.351 e.